The lowest BCUT2D eigenvalue weighted by Gasteiger charge is -2.13. The number of thioether (sulfide) groups is 1. The average molecular weight is 423 g/mol. The molecule has 0 saturated carbocycles. The Morgan fingerprint density at radius 1 is 1.04 bits per heavy atom. The summed E-state index contributed by atoms with van der Waals surface area (Å²) < 4.78 is 26.8. The van der Waals surface area contributed by atoms with Crippen molar-refractivity contribution in [1.82, 2.24) is 9.62 Å². The topological polar surface area (TPSA) is 83.6 Å². The van der Waals surface area contributed by atoms with Gasteiger partial charge < -0.3 is 0 Å². The molecule has 1 saturated heterocycles. The van der Waals surface area contributed by atoms with E-state index in [4.69, 9.17) is 11.6 Å². The summed E-state index contributed by atoms with van der Waals surface area (Å²) in [6.07, 6.45) is 1.64. The zero-order valence-electron chi connectivity index (χ0n) is 14.0. The van der Waals surface area contributed by atoms with E-state index < -0.39 is 21.2 Å². The summed E-state index contributed by atoms with van der Waals surface area (Å²) in [5, 5.41) is 0.00448. The second-order valence-corrected chi connectivity index (χ2v) is 8.79. The molecule has 0 bridgehead atoms. The summed E-state index contributed by atoms with van der Waals surface area (Å²) in [5.41, 5.74) is 0.812. The summed E-state index contributed by atoms with van der Waals surface area (Å²) >= 11 is 6.59. The molecule has 140 valence electrons. The summed E-state index contributed by atoms with van der Waals surface area (Å²) in [7, 11) is -3.75. The van der Waals surface area contributed by atoms with Gasteiger partial charge in [-0.3, -0.25) is 14.5 Å². The van der Waals surface area contributed by atoms with Crippen LogP contribution in [0.3, 0.4) is 0 Å². The van der Waals surface area contributed by atoms with Crippen LogP contribution in [-0.2, 0) is 14.8 Å². The molecule has 0 aromatic heterocycles. The van der Waals surface area contributed by atoms with Crippen molar-refractivity contribution in [3.8, 4) is 0 Å². The molecule has 3 rings (SSSR count). The van der Waals surface area contributed by atoms with Crippen molar-refractivity contribution < 1.29 is 18.0 Å². The minimum Gasteiger partial charge on any atom is -0.268 e. The molecule has 1 N–H and O–H groups in total. The number of nitrogens with one attached hydrogen (secondary N) is 1. The lowest BCUT2D eigenvalue weighted by molar-refractivity contribution is -0.122. The first-order chi connectivity index (χ1) is 12.9. The number of halogens is 1. The van der Waals surface area contributed by atoms with Crippen molar-refractivity contribution in [1.29, 1.82) is 0 Å². The van der Waals surface area contributed by atoms with E-state index in [0.29, 0.717) is 9.93 Å². The van der Waals surface area contributed by atoms with Gasteiger partial charge in [0, 0.05) is 18.1 Å². The minimum absolute atomic E-state index is 0.0520. The lowest BCUT2D eigenvalue weighted by atomic mass is 10.2. The zero-order chi connectivity index (χ0) is 19.4. The van der Waals surface area contributed by atoms with Gasteiger partial charge in [-0.05, 0) is 47.7 Å². The van der Waals surface area contributed by atoms with Gasteiger partial charge >= 0.3 is 0 Å². The maximum absolute atomic E-state index is 12.4. The monoisotopic (exact) mass is 422 g/mol. The van der Waals surface area contributed by atoms with E-state index in [2.05, 4.69) is 4.72 Å². The number of amides is 2. The average Bonchev–Trinajstić information content (AvgIpc) is 2.90. The van der Waals surface area contributed by atoms with Crippen LogP contribution in [-0.4, -0.2) is 37.6 Å². The molecule has 2 aromatic carbocycles. The van der Waals surface area contributed by atoms with Gasteiger partial charge in [0.25, 0.3) is 11.1 Å². The largest absolute Gasteiger partial charge is 0.293 e. The summed E-state index contributed by atoms with van der Waals surface area (Å²) in [4.78, 5) is 25.9. The van der Waals surface area contributed by atoms with Crippen LogP contribution >= 0.6 is 23.4 Å². The minimum atomic E-state index is -3.75. The second kappa shape index (κ2) is 8.26. The molecule has 0 unspecified atom stereocenters. The predicted octanol–water partition coefficient (Wildman–Crippen LogP) is 3.35. The Labute approximate surface area is 166 Å². The Balaban J connectivity index is 1.63. The highest BCUT2D eigenvalue weighted by molar-refractivity contribution is 8.18. The summed E-state index contributed by atoms with van der Waals surface area (Å²) in [5.74, 6) is -0.431. The van der Waals surface area contributed by atoms with Gasteiger partial charge in [0.15, 0.2) is 0 Å². The Morgan fingerprint density at radius 3 is 2.37 bits per heavy atom. The highest BCUT2D eigenvalue weighted by atomic mass is 35.5. The standard InChI is InChI=1S/C18H15ClN2O4S2/c19-14-6-8-15(9-7-14)27(24,25)20-10-11-21-17(22)16(26-18(21)23)12-13-4-2-1-3-5-13/h1-9,12,20H,10-11H2/b16-12+. The van der Waals surface area contributed by atoms with Crippen LogP contribution in [0.25, 0.3) is 6.08 Å². The molecule has 1 aliphatic rings. The summed E-state index contributed by atoms with van der Waals surface area (Å²) in [6, 6.07) is 14.9. The van der Waals surface area contributed by atoms with Gasteiger partial charge in [-0.1, -0.05) is 41.9 Å². The molecule has 27 heavy (non-hydrogen) atoms. The third-order valence-electron chi connectivity index (χ3n) is 3.72. The smallest absolute Gasteiger partial charge is 0.268 e. The molecule has 9 heteroatoms. The van der Waals surface area contributed by atoms with Crippen molar-refractivity contribution in [2.45, 2.75) is 4.90 Å². The van der Waals surface area contributed by atoms with Crippen LogP contribution < -0.4 is 4.72 Å². The van der Waals surface area contributed by atoms with Gasteiger partial charge in [0.05, 0.1) is 9.80 Å². The number of benzene rings is 2. The maximum atomic E-state index is 12.4. The normalized spacial score (nSPS) is 16.3. The van der Waals surface area contributed by atoms with Crippen LogP contribution in [0.2, 0.25) is 5.02 Å². The fourth-order valence-corrected chi connectivity index (χ4v) is 4.39. The van der Waals surface area contributed by atoms with E-state index in [0.717, 1.165) is 22.2 Å². The number of carbonyl (C=O) groups excluding carboxylic acids is 2. The number of imide groups is 1. The van der Waals surface area contributed by atoms with Gasteiger partial charge in [0.1, 0.15) is 0 Å². The molecule has 6 nitrogen and oxygen atoms in total. The number of rotatable bonds is 6. The Hall–Kier alpha value is -2.13. The first-order valence-electron chi connectivity index (χ1n) is 7.92. The molecule has 0 radical (unpaired) electrons. The fourth-order valence-electron chi connectivity index (χ4n) is 2.38. The number of sulfonamides is 1. The third kappa shape index (κ3) is 4.78. The number of carbonyl (C=O) groups is 2. The van der Waals surface area contributed by atoms with Crippen molar-refractivity contribution in [3.05, 3.63) is 70.1 Å². The molecule has 2 aromatic rings. The van der Waals surface area contributed by atoms with Gasteiger partial charge in [0.2, 0.25) is 10.0 Å². The Bertz CT molecular complexity index is 990. The van der Waals surface area contributed by atoms with Crippen LogP contribution in [0, 0.1) is 0 Å². The van der Waals surface area contributed by atoms with Crippen molar-refractivity contribution in [3.63, 3.8) is 0 Å². The van der Waals surface area contributed by atoms with E-state index >= 15 is 0 Å². The van der Waals surface area contributed by atoms with Crippen LogP contribution in [0.4, 0.5) is 4.79 Å². The van der Waals surface area contributed by atoms with Gasteiger partial charge in [-0.25, -0.2) is 13.1 Å². The highest BCUT2D eigenvalue weighted by Gasteiger charge is 2.34. The third-order valence-corrected chi connectivity index (χ3v) is 6.36. The van der Waals surface area contributed by atoms with E-state index in [1.54, 1.807) is 6.08 Å². The van der Waals surface area contributed by atoms with E-state index in [1.807, 2.05) is 30.3 Å². The molecule has 0 spiro atoms. The van der Waals surface area contributed by atoms with Gasteiger partial charge in [-0.2, -0.15) is 0 Å². The summed E-state index contributed by atoms with van der Waals surface area (Å²) in [6.45, 7) is -0.134. The van der Waals surface area contributed by atoms with Crippen molar-refractivity contribution in [2.75, 3.05) is 13.1 Å². The molecule has 1 heterocycles. The number of hydrogen-bond acceptors (Lipinski definition) is 5. The van der Waals surface area contributed by atoms with Crippen LogP contribution in [0.1, 0.15) is 5.56 Å². The SMILES string of the molecule is O=C1S/C(=C/c2ccccc2)C(=O)N1CCNS(=O)(=O)c1ccc(Cl)cc1. The number of nitrogens with zero attached hydrogens (tertiary/aromatic N) is 1. The maximum Gasteiger partial charge on any atom is 0.293 e. The van der Waals surface area contributed by atoms with Crippen LogP contribution in [0.15, 0.2) is 64.4 Å². The van der Waals surface area contributed by atoms with Crippen LogP contribution in [0.5, 0.6) is 0 Å². The molecule has 0 atom stereocenters. The first-order valence-corrected chi connectivity index (χ1v) is 10.6. The van der Waals surface area contributed by atoms with Gasteiger partial charge in [-0.15, -0.1) is 0 Å². The van der Waals surface area contributed by atoms with E-state index in [1.165, 1.54) is 24.3 Å². The molecule has 1 fully saturated rings. The predicted molar refractivity (Wildman–Crippen MR) is 106 cm³/mol. The first kappa shape index (κ1) is 19.6. The van der Waals surface area contributed by atoms with Crippen molar-refractivity contribution >= 4 is 50.6 Å². The molecular weight excluding hydrogens is 408 g/mol. The fraction of sp³-hybridized carbons (Fsp3) is 0.111. The molecule has 0 aliphatic carbocycles. The lowest BCUT2D eigenvalue weighted by Crippen LogP contribution is -2.37. The number of hydrogen-bond donors (Lipinski definition) is 1. The quantitative estimate of drug-likeness (QED) is 0.721. The zero-order valence-corrected chi connectivity index (χ0v) is 16.4. The second-order valence-electron chi connectivity index (χ2n) is 5.60. The molecular formula is C18H15ClN2O4S2. The molecule has 2 amide bonds. The van der Waals surface area contributed by atoms with E-state index in [-0.39, 0.29) is 18.0 Å². The van der Waals surface area contributed by atoms with Crippen molar-refractivity contribution in [2.24, 2.45) is 0 Å². The highest BCUT2D eigenvalue weighted by Crippen LogP contribution is 2.31. The Morgan fingerprint density at radius 2 is 1.70 bits per heavy atom. The molecule has 1 aliphatic heterocycles. The van der Waals surface area contributed by atoms with E-state index in [9.17, 15) is 18.0 Å². The Kier molecular flexibility index (Phi) is 6.01.